The van der Waals surface area contributed by atoms with E-state index in [2.05, 4.69) is 16.4 Å². The number of carbonyl (C=O) groups is 1. The molecule has 1 aromatic heterocycles. The number of carbonyl (C=O) groups excluding carboxylic acids is 1. The highest BCUT2D eigenvalue weighted by Gasteiger charge is 2.27. The Morgan fingerprint density at radius 1 is 1.41 bits per heavy atom. The summed E-state index contributed by atoms with van der Waals surface area (Å²) in [6.45, 7) is 8.01. The lowest BCUT2D eigenvalue weighted by Gasteiger charge is -2.33. The molecule has 0 aromatic carbocycles. The molecule has 1 aromatic rings. The van der Waals surface area contributed by atoms with Crippen LogP contribution in [-0.2, 0) is 11.3 Å². The molecule has 0 radical (unpaired) electrons. The van der Waals surface area contributed by atoms with Gasteiger partial charge in [0.1, 0.15) is 5.60 Å². The average molecular weight is 305 g/mol. The maximum atomic E-state index is 12.1. The zero-order chi connectivity index (χ0) is 16.2. The highest BCUT2D eigenvalue weighted by atomic mass is 16.6. The molecular weight excluding hydrogens is 278 g/mol. The Morgan fingerprint density at radius 3 is 2.68 bits per heavy atom. The van der Waals surface area contributed by atoms with Gasteiger partial charge in [0.25, 0.3) is 0 Å². The topological polar surface area (TPSA) is 54.5 Å². The fraction of sp³-hybridized carbons (Fsp3) is 0.647. The molecule has 5 nitrogen and oxygen atoms in total. The van der Waals surface area contributed by atoms with E-state index in [1.807, 2.05) is 40.1 Å². The van der Waals surface area contributed by atoms with Crippen molar-refractivity contribution >= 4 is 6.09 Å². The number of hydrogen-bond acceptors (Lipinski definition) is 4. The Balaban J connectivity index is 1.92. The Kier molecular flexibility index (Phi) is 5.40. The van der Waals surface area contributed by atoms with Crippen LogP contribution in [0.2, 0.25) is 0 Å². The molecule has 0 unspecified atom stereocenters. The van der Waals surface area contributed by atoms with Crippen LogP contribution in [0.25, 0.3) is 0 Å². The maximum absolute atomic E-state index is 12.1. The van der Waals surface area contributed by atoms with Crippen molar-refractivity contribution < 1.29 is 9.53 Å². The van der Waals surface area contributed by atoms with Gasteiger partial charge < -0.3 is 15.0 Å². The molecule has 1 amide bonds. The van der Waals surface area contributed by atoms with Gasteiger partial charge in [-0.1, -0.05) is 0 Å². The molecular formula is C17H27N3O2. The fourth-order valence-electron chi connectivity index (χ4n) is 2.72. The van der Waals surface area contributed by atoms with Crippen LogP contribution < -0.4 is 5.32 Å². The minimum absolute atomic E-state index is 0.206. The molecule has 2 rings (SSSR count). The van der Waals surface area contributed by atoms with Crippen molar-refractivity contribution in [2.45, 2.75) is 51.7 Å². The summed E-state index contributed by atoms with van der Waals surface area (Å²) in [5.41, 5.74) is 1.95. The monoisotopic (exact) mass is 305 g/mol. The van der Waals surface area contributed by atoms with E-state index in [1.54, 1.807) is 4.90 Å². The molecule has 5 heteroatoms. The third kappa shape index (κ3) is 4.70. The van der Waals surface area contributed by atoms with Crippen LogP contribution in [0, 0.1) is 0 Å². The van der Waals surface area contributed by atoms with Crippen LogP contribution in [0.5, 0.6) is 0 Å². The standard InChI is InChI=1S/C17H27N3O2/c1-17(2,3)22-16(21)20-9-6-14(7-10-20)15-11-13(12-18-4)5-8-19-15/h5,8,11,14,18H,6-7,9-10,12H2,1-4H3. The zero-order valence-electron chi connectivity index (χ0n) is 14.1. The summed E-state index contributed by atoms with van der Waals surface area (Å²) in [6.07, 6.45) is 3.55. The Morgan fingerprint density at radius 2 is 2.09 bits per heavy atom. The smallest absolute Gasteiger partial charge is 0.410 e. The second kappa shape index (κ2) is 7.09. The largest absolute Gasteiger partial charge is 0.444 e. The van der Waals surface area contributed by atoms with Gasteiger partial charge in [-0.25, -0.2) is 4.79 Å². The Labute approximate surface area is 133 Å². The molecule has 1 aliphatic heterocycles. The predicted octanol–water partition coefficient (Wildman–Crippen LogP) is 2.92. The van der Waals surface area contributed by atoms with Gasteiger partial charge in [-0.15, -0.1) is 0 Å². The number of aromatic nitrogens is 1. The second-order valence-electron chi connectivity index (χ2n) is 6.86. The van der Waals surface area contributed by atoms with E-state index in [1.165, 1.54) is 5.56 Å². The van der Waals surface area contributed by atoms with Gasteiger partial charge in [-0.2, -0.15) is 0 Å². The van der Waals surface area contributed by atoms with E-state index in [-0.39, 0.29) is 6.09 Å². The summed E-state index contributed by atoms with van der Waals surface area (Å²) in [5, 5.41) is 3.16. The highest BCUT2D eigenvalue weighted by molar-refractivity contribution is 5.68. The Bertz CT molecular complexity index is 503. The first-order valence-corrected chi connectivity index (χ1v) is 7.96. The number of piperidine rings is 1. The van der Waals surface area contributed by atoms with Crippen molar-refractivity contribution in [2.75, 3.05) is 20.1 Å². The normalized spacial score (nSPS) is 16.6. The minimum atomic E-state index is -0.434. The van der Waals surface area contributed by atoms with Crippen molar-refractivity contribution in [3.8, 4) is 0 Å². The molecule has 1 saturated heterocycles. The number of pyridine rings is 1. The summed E-state index contributed by atoms with van der Waals surface area (Å²) in [7, 11) is 1.94. The van der Waals surface area contributed by atoms with Crippen molar-refractivity contribution in [1.82, 2.24) is 15.2 Å². The SMILES string of the molecule is CNCc1ccnc(C2CCN(C(=O)OC(C)(C)C)CC2)c1. The van der Waals surface area contributed by atoms with E-state index in [0.29, 0.717) is 5.92 Å². The van der Waals surface area contributed by atoms with Crippen molar-refractivity contribution in [3.05, 3.63) is 29.6 Å². The second-order valence-corrected chi connectivity index (χ2v) is 6.86. The number of nitrogens with one attached hydrogen (secondary N) is 1. The highest BCUT2D eigenvalue weighted by Crippen LogP contribution is 2.27. The van der Waals surface area contributed by atoms with Gasteiger partial charge in [0.15, 0.2) is 0 Å². The summed E-state index contributed by atoms with van der Waals surface area (Å²) in [5.74, 6) is 0.426. The molecule has 0 spiro atoms. The number of likely N-dealkylation sites (tertiary alicyclic amines) is 1. The van der Waals surface area contributed by atoms with Crippen LogP contribution in [0.3, 0.4) is 0 Å². The fourth-order valence-corrected chi connectivity index (χ4v) is 2.72. The lowest BCUT2D eigenvalue weighted by molar-refractivity contribution is 0.0204. The molecule has 1 fully saturated rings. The van der Waals surface area contributed by atoms with Gasteiger partial charge in [0.2, 0.25) is 0 Å². The molecule has 0 atom stereocenters. The third-order valence-corrected chi connectivity index (χ3v) is 3.79. The van der Waals surface area contributed by atoms with E-state index in [9.17, 15) is 4.79 Å². The molecule has 0 aliphatic carbocycles. The minimum Gasteiger partial charge on any atom is -0.444 e. The average Bonchev–Trinajstić information content (AvgIpc) is 2.46. The molecule has 122 valence electrons. The first-order valence-electron chi connectivity index (χ1n) is 7.96. The summed E-state index contributed by atoms with van der Waals surface area (Å²) >= 11 is 0. The van der Waals surface area contributed by atoms with Gasteiger partial charge in [0, 0.05) is 37.4 Å². The van der Waals surface area contributed by atoms with Crippen LogP contribution >= 0.6 is 0 Å². The maximum Gasteiger partial charge on any atom is 0.410 e. The van der Waals surface area contributed by atoms with E-state index in [4.69, 9.17) is 4.74 Å². The van der Waals surface area contributed by atoms with E-state index in [0.717, 1.165) is 38.2 Å². The number of ether oxygens (including phenoxy) is 1. The van der Waals surface area contributed by atoms with Crippen LogP contribution in [0.15, 0.2) is 18.3 Å². The van der Waals surface area contributed by atoms with Gasteiger partial charge in [-0.05, 0) is 58.4 Å². The summed E-state index contributed by atoms with van der Waals surface area (Å²) in [4.78, 5) is 18.4. The quantitative estimate of drug-likeness (QED) is 0.933. The molecule has 1 aliphatic rings. The number of rotatable bonds is 3. The van der Waals surface area contributed by atoms with Crippen molar-refractivity contribution in [2.24, 2.45) is 0 Å². The first kappa shape index (κ1) is 16.7. The van der Waals surface area contributed by atoms with Gasteiger partial charge in [-0.3, -0.25) is 4.98 Å². The Hall–Kier alpha value is -1.62. The number of nitrogens with zero attached hydrogens (tertiary/aromatic N) is 2. The summed E-state index contributed by atoms with van der Waals surface area (Å²) < 4.78 is 5.43. The van der Waals surface area contributed by atoms with Crippen LogP contribution in [-0.4, -0.2) is 41.7 Å². The van der Waals surface area contributed by atoms with Crippen LogP contribution in [0.4, 0.5) is 4.79 Å². The van der Waals surface area contributed by atoms with Gasteiger partial charge >= 0.3 is 6.09 Å². The third-order valence-electron chi connectivity index (χ3n) is 3.79. The number of hydrogen-bond donors (Lipinski definition) is 1. The molecule has 0 bridgehead atoms. The predicted molar refractivity (Wildman–Crippen MR) is 86.8 cm³/mol. The molecule has 22 heavy (non-hydrogen) atoms. The lowest BCUT2D eigenvalue weighted by atomic mass is 9.92. The van der Waals surface area contributed by atoms with Crippen molar-refractivity contribution in [1.29, 1.82) is 0 Å². The van der Waals surface area contributed by atoms with E-state index >= 15 is 0 Å². The number of amides is 1. The molecule has 2 heterocycles. The first-order chi connectivity index (χ1) is 10.4. The lowest BCUT2D eigenvalue weighted by Crippen LogP contribution is -2.41. The van der Waals surface area contributed by atoms with Crippen molar-refractivity contribution in [3.63, 3.8) is 0 Å². The summed E-state index contributed by atoms with van der Waals surface area (Å²) in [6, 6.07) is 4.21. The molecule has 0 saturated carbocycles. The molecule has 1 N–H and O–H groups in total. The van der Waals surface area contributed by atoms with E-state index < -0.39 is 5.60 Å². The zero-order valence-corrected chi connectivity index (χ0v) is 14.1. The van der Waals surface area contributed by atoms with Gasteiger partial charge in [0.05, 0.1) is 0 Å². The van der Waals surface area contributed by atoms with Crippen LogP contribution in [0.1, 0.15) is 50.8 Å².